The van der Waals surface area contributed by atoms with Crippen LogP contribution in [0.3, 0.4) is 0 Å². The molecule has 2 unspecified atom stereocenters. The third-order valence-corrected chi connectivity index (χ3v) is 5.38. The van der Waals surface area contributed by atoms with Crippen LogP contribution in [0.4, 0.5) is 0 Å². The molecule has 5 heteroatoms. The summed E-state index contributed by atoms with van der Waals surface area (Å²) in [6, 6.07) is 5.30. The van der Waals surface area contributed by atoms with Crippen LogP contribution >= 0.6 is 0 Å². The molecule has 0 amide bonds. The van der Waals surface area contributed by atoms with Crippen molar-refractivity contribution in [2.45, 2.75) is 104 Å². The van der Waals surface area contributed by atoms with Crippen molar-refractivity contribution in [3.63, 3.8) is 0 Å². The first-order valence-corrected chi connectivity index (χ1v) is 11.6. The molecule has 2 atom stereocenters. The summed E-state index contributed by atoms with van der Waals surface area (Å²) in [4.78, 5) is 24.4. The summed E-state index contributed by atoms with van der Waals surface area (Å²) in [7, 11) is 0. The number of carboxylic acids is 2. The van der Waals surface area contributed by atoms with Gasteiger partial charge in [0, 0.05) is 0 Å². The Hall–Kier alpha value is -2.04. The Morgan fingerprint density at radius 1 is 0.806 bits per heavy atom. The zero-order chi connectivity index (χ0) is 23.8. The number of hydrogen-bond donors (Lipinski definition) is 2. The highest BCUT2D eigenvalue weighted by molar-refractivity contribution is 5.81. The highest BCUT2D eigenvalue weighted by Crippen LogP contribution is 2.36. The molecule has 0 spiro atoms. The average Bonchev–Trinajstić information content (AvgIpc) is 2.60. The number of hydrogen-bond acceptors (Lipinski definition) is 3. The second-order valence-corrected chi connectivity index (χ2v) is 10.4. The van der Waals surface area contributed by atoms with Crippen LogP contribution in [0.15, 0.2) is 18.2 Å². The minimum atomic E-state index is -0.913. The molecule has 0 aliphatic carbocycles. The van der Waals surface area contributed by atoms with Gasteiger partial charge in [-0.15, -0.1) is 0 Å². The smallest absolute Gasteiger partial charge is 0.310 e. The van der Waals surface area contributed by atoms with Crippen LogP contribution in [-0.4, -0.2) is 27.8 Å². The van der Waals surface area contributed by atoms with Gasteiger partial charge >= 0.3 is 11.9 Å². The maximum Gasteiger partial charge on any atom is 0.310 e. The van der Waals surface area contributed by atoms with Crippen molar-refractivity contribution in [3.8, 4) is 5.75 Å². The van der Waals surface area contributed by atoms with E-state index in [0.717, 1.165) is 25.7 Å². The minimum absolute atomic E-state index is 0.432. The number of carbonyl (C=O) groups is 2. The van der Waals surface area contributed by atoms with E-state index in [4.69, 9.17) is 4.74 Å². The summed E-state index contributed by atoms with van der Waals surface area (Å²) in [5, 5.41) is 20.0. The molecular weight excluding hydrogens is 392 g/mol. The Bertz CT molecular complexity index is 715. The molecule has 0 bridgehead atoms. The lowest BCUT2D eigenvalue weighted by atomic mass is 9.82. The fraction of sp³-hybridized carbons (Fsp3) is 0.692. The van der Waals surface area contributed by atoms with E-state index in [1.807, 2.05) is 20.8 Å². The molecule has 1 aromatic rings. The first-order valence-electron chi connectivity index (χ1n) is 11.6. The number of ether oxygens (including phenoxy) is 1. The van der Waals surface area contributed by atoms with Crippen molar-refractivity contribution >= 4 is 11.9 Å². The van der Waals surface area contributed by atoms with Gasteiger partial charge in [-0.05, 0) is 68.7 Å². The number of benzene rings is 1. The van der Waals surface area contributed by atoms with Crippen molar-refractivity contribution < 1.29 is 24.5 Å². The van der Waals surface area contributed by atoms with Gasteiger partial charge in [0.15, 0.2) is 0 Å². The number of rotatable bonds is 13. The second-order valence-electron chi connectivity index (χ2n) is 10.4. The van der Waals surface area contributed by atoms with E-state index in [-0.39, 0.29) is 0 Å². The highest BCUT2D eigenvalue weighted by atomic mass is 16.5. The van der Waals surface area contributed by atoms with Crippen LogP contribution in [-0.2, 0) is 9.59 Å². The first-order chi connectivity index (χ1) is 14.3. The van der Waals surface area contributed by atoms with Crippen LogP contribution in [0.25, 0.3) is 0 Å². The molecule has 31 heavy (non-hydrogen) atoms. The van der Waals surface area contributed by atoms with Crippen LogP contribution in [0.2, 0.25) is 0 Å². The van der Waals surface area contributed by atoms with E-state index in [1.165, 1.54) is 0 Å². The van der Waals surface area contributed by atoms with Gasteiger partial charge < -0.3 is 14.9 Å². The van der Waals surface area contributed by atoms with Gasteiger partial charge in [-0.3, -0.25) is 9.59 Å². The van der Waals surface area contributed by atoms with Crippen LogP contribution in [0.5, 0.6) is 5.75 Å². The largest absolute Gasteiger partial charge is 0.488 e. The van der Waals surface area contributed by atoms with E-state index in [2.05, 4.69) is 27.7 Å². The monoisotopic (exact) mass is 434 g/mol. The Morgan fingerprint density at radius 3 is 1.65 bits per heavy atom. The summed E-state index contributed by atoms with van der Waals surface area (Å²) in [5.41, 5.74) is 0.753. The van der Waals surface area contributed by atoms with E-state index in [9.17, 15) is 19.8 Å². The zero-order valence-corrected chi connectivity index (χ0v) is 20.4. The molecule has 0 aliphatic heterocycles. The van der Waals surface area contributed by atoms with Gasteiger partial charge in [0.2, 0.25) is 0 Å². The van der Waals surface area contributed by atoms with Crippen LogP contribution in [0.1, 0.15) is 110 Å². The highest BCUT2D eigenvalue weighted by Gasteiger charge is 2.30. The van der Waals surface area contributed by atoms with Gasteiger partial charge in [0.05, 0.1) is 11.8 Å². The lowest BCUT2D eigenvalue weighted by Gasteiger charge is -2.26. The quantitative estimate of drug-likeness (QED) is 0.354. The molecule has 2 N–H and O–H groups in total. The van der Waals surface area contributed by atoms with Gasteiger partial charge in [-0.1, -0.05) is 59.4 Å². The van der Waals surface area contributed by atoms with Gasteiger partial charge in [0.25, 0.3) is 0 Å². The van der Waals surface area contributed by atoms with Crippen LogP contribution < -0.4 is 4.74 Å². The number of aliphatic carboxylic acids is 2. The Kier molecular flexibility index (Phi) is 10.5. The summed E-state index contributed by atoms with van der Waals surface area (Å²) >= 11 is 0. The Labute approximate surface area is 188 Å². The van der Waals surface area contributed by atoms with E-state index >= 15 is 0 Å². The Morgan fingerprint density at radius 2 is 1.26 bits per heavy atom. The number of carboxylic acid groups (broad SMARTS) is 2. The molecule has 1 aromatic carbocycles. The van der Waals surface area contributed by atoms with Gasteiger partial charge in [-0.2, -0.15) is 0 Å². The third kappa shape index (κ3) is 9.75. The SMILES string of the molecule is CC(C)CCCC(C(=O)O)c1ccc(OC(C)(C)C)cc1C(CCCC(C)C)C(=O)O. The third-order valence-electron chi connectivity index (χ3n) is 5.38. The van der Waals surface area contributed by atoms with Crippen molar-refractivity contribution in [1.29, 1.82) is 0 Å². The van der Waals surface area contributed by atoms with Gasteiger partial charge in [-0.25, -0.2) is 0 Å². The average molecular weight is 435 g/mol. The normalized spacial score (nSPS) is 14.0. The van der Waals surface area contributed by atoms with Crippen molar-refractivity contribution in [1.82, 2.24) is 0 Å². The molecule has 176 valence electrons. The molecule has 1 rings (SSSR count). The lowest BCUT2D eigenvalue weighted by molar-refractivity contribution is -0.140. The topological polar surface area (TPSA) is 83.8 Å². The van der Waals surface area contributed by atoms with Crippen molar-refractivity contribution in [3.05, 3.63) is 29.3 Å². The lowest BCUT2D eigenvalue weighted by Crippen LogP contribution is -2.24. The van der Waals surface area contributed by atoms with E-state index < -0.39 is 29.4 Å². The van der Waals surface area contributed by atoms with E-state index in [1.54, 1.807) is 18.2 Å². The molecular formula is C26H42O5. The van der Waals surface area contributed by atoms with E-state index in [0.29, 0.717) is 41.6 Å². The van der Waals surface area contributed by atoms with Crippen molar-refractivity contribution in [2.24, 2.45) is 11.8 Å². The molecule has 0 radical (unpaired) electrons. The predicted octanol–water partition coefficient (Wildman–Crippen LogP) is 6.85. The fourth-order valence-electron chi connectivity index (χ4n) is 3.87. The maximum absolute atomic E-state index is 12.2. The van der Waals surface area contributed by atoms with Gasteiger partial charge in [0.1, 0.15) is 11.4 Å². The van der Waals surface area contributed by atoms with Crippen LogP contribution in [0, 0.1) is 11.8 Å². The predicted molar refractivity (Wildman–Crippen MR) is 125 cm³/mol. The summed E-state index contributed by atoms with van der Waals surface area (Å²) < 4.78 is 5.98. The second kappa shape index (κ2) is 12.1. The molecule has 0 aromatic heterocycles. The maximum atomic E-state index is 12.2. The van der Waals surface area contributed by atoms with Crippen molar-refractivity contribution in [2.75, 3.05) is 0 Å². The molecule has 0 aliphatic rings. The molecule has 0 saturated heterocycles. The molecule has 0 fully saturated rings. The minimum Gasteiger partial charge on any atom is -0.488 e. The zero-order valence-electron chi connectivity index (χ0n) is 20.4. The summed E-state index contributed by atoms with van der Waals surface area (Å²) in [5.74, 6) is -1.71. The molecule has 0 saturated carbocycles. The molecule has 5 nitrogen and oxygen atoms in total. The Balaban J connectivity index is 3.39. The summed E-state index contributed by atoms with van der Waals surface area (Å²) in [6.07, 6.45) is 4.44. The fourth-order valence-corrected chi connectivity index (χ4v) is 3.87. The summed E-state index contributed by atoms with van der Waals surface area (Å²) in [6.45, 7) is 14.3. The first kappa shape index (κ1) is 27.0. The standard InChI is InChI=1S/C26H42O5/c1-17(2)10-8-12-21(24(27)28)20-15-14-19(31-26(5,6)7)16-23(20)22(25(29)30)13-9-11-18(3)4/h14-18,21-22H,8-13H2,1-7H3,(H,27,28)(H,29,30). The molecule has 0 heterocycles.